The van der Waals surface area contributed by atoms with Gasteiger partial charge in [0.15, 0.2) is 0 Å². The van der Waals surface area contributed by atoms with Crippen LogP contribution in [-0.2, 0) is 0 Å². The molecule has 1 unspecified atom stereocenters. The van der Waals surface area contributed by atoms with E-state index in [0.717, 1.165) is 24.3 Å². The first-order valence-electron chi connectivity index (χ1n) is 5.47. The number of hydrogen-bond donors (Lipinski definition) is 2. The highest BCUT2D eigenvalue weighted by Crippen LogP contribution is 2.32. The van der Waals surface area contributed by atoms with E-state index in [1.54, 1.807) is 12.1 Å². The summed E-state index contributed by atoms with van der Waals surface area (Å²) in [6.07, 6.45) is 1.04. The van der Waals surface area contributed by atoms with E-state index < -0.39 is 5.97 Å². The fraction of sp³-hybridized carbons (Fsp3) is 0.417. The number of carboxylic acid groups (broad SMARTS) is 1. The topological polar surface area (TPSA) is 52.6 Å². The minimum absolute atomic E-state index is 0.337. The van der Waals surface area contributed by atoms with Gasteiger partial charge in [-0.2, -0.15) is 0 Å². The molecule has 0 saturated carbocycles. The largest absolute Gasteiger partial charge is 0.478 e. The van der Waals surface area contributed by atoms with Crippen molar-refractivity contribution in [2.75, 3.05) is 23.8 Å². The van der Waals surface area contributed by atoms with Gasteiger partial charge in [0.2, 0.25) is 0 Å². The Balaban J connectivity index is 2.40. The second-order valence-corrected chi connectivity index (χ2v) is 4.09. The zero-order valence-electron chi connectivity index (χ0n) is 9.53. The summed E-state index contributed by atoms with van der Waals surface area (Å²) in [6, 6.07) is 5.62. The SMILES string of the molecule is CCC1CNc2ccc(C(=O)O)cc2N1C. The number of carboxylic acids is 1. The molecule has 2 rings (SSSR count). The smallest absolute Gasteiger partial charge is 0.335 e. The molecule has 0 amide bonds. The van der Waals surface area contributed by atoms with Gasteiger partial charge in [-0.1, -0.05) is 6.92 Å². The number of nitrogens with zero attached hydrogens (tertiary/aromatic N) is 1. The van der Waals surface area contributed by atoms with Crippen LogP contribution in [-0.4, -0.2) is 30.7 Å². The lowest BCUT2D eigenvalue weighted by Crippen LogP contribution is -2.41. The molecule has 1 heterocycles. The van der Waals surface area contributed by atoms with Gasteiger partial charge in [0.1, 0.15) is 0 Å². The van der Waals surface area contributed by atoms with Crippen molar-refractivity contribution >= 4 is 17.3 Å². The predicted molar refractivity (Wildman–Crippen MR) is 64.4 cm³/mol. The molecular formula is C12H16N2O2. The molecule has 4 nitrogen and oxygen atoms in total. The molecule has 2 N–H and O–H groups in total. The molecule has 86 valence electrons. The first-order chi connectivity index (χ1) is 7.63. The second-order valence-electron chi connectivity index (χ2n) is 4.09. The van der Waals surface area contributed by atoms with Crippen molar-refractivity contribution in [3.05, 3.63) is 23.8 Å². The average Bonchev–Trinajstić information content (AvgIpc) is 2.29. The van der Waals surface area contributed by atoms with Gasteiger partial charge in [0, 0.05) is 19.6 Å². The van der Waals surface area contributed by atoms with Crippen LogP contribution < -0.4 is 10.2 Å². The van der Waals surface area contributed by atoms with E-state index >= 15 is 0 Å². The number of rotatable bonds is 2. The molecule has 1 aromatic rings. The Bertz CT molecular complexity index is 417. The molecule has 0 radical (unpaired) electrons. The summed E-state index contributed by atoms with van der Waals surface area (Å²) >= 11 is 0. The number of aromatic carboxylic acids is 1. The molecule has 0 aromatic heterocycles. The van der Waals surface area contributed by atoms with Gasteiger partial charge >= 0.3 is 5.97 Å². The highest BCUT2D eigenvalue weighted by molar-refractivity contribution is 5.91. The van der Waals surface area contributed by atoms with Crippen LogP contribution in [0.2, 0.25) is 0 Å². The lowest BCUT2D eigenvalue weighted by molar-refractivity contribution is 0.0697. The van der Waals surface area contributed by atoms with Crippen LogP contribution in [0.4, 0.5) is 11.4 Å². The molecule has 0 aliphatic carbocycles. The van der Waals surface area contributed by atoms with E-state index in [-0.39, 0.29) is 0 Å². The molecule has 4 heteroatoms. The molecule has 1 aliphatic heterocycles. The van der Waals surface area contributed by atoms with Gasteiger partial charge in [-0.3, -0.25) is 0 Å². The molecule has 0 spiro atoms. The fourth-order valence-electron chi connectivity index (χ4n) is 2.09. The maximum atomic E-state index is 10.9. The predicted octanol–water partition coefficient (Wildman–Crippen LogP) is 2.03. The molecule has 1 aromatic carbocycles. The molecule has 0 saturated heterocycles. The monoisotopic (exact) mass is 220 g/mol. The zero-order chi connectivity index (χ0) is 11.7. The lowest BCUT2D eigenvalue weighted by Gasteiger charge is -2.36. The second kappa shape index (κ2) is 4.04. The number of likely N-dealkylation sites (N-methyl/N-ethyl adjacent to an activating group) is 1. The Labute approximate surface area is 94.9 Å². The van der Waals surface area contributed by atoms with Crippen molar-refractivity contribution in [3.8, 4) is 0 Å². The molecule has 0 fully saturated rings. The van der Waals surface area contributed by atoms with Crippen LogP contribution in [0.15, 0.2) is 18.2 Å². The number of fused-ring (bicyclic) bond motifs is 1. The van der Waals surface area contributed by atoms with E-state index in [2.05, 4.69) is 17.1 Å². The van der Waals surface area contributed by atoms with Crippen molar-refractivity contribution in [1.29, 1.82) is 0 Å². The summed E-state index contributed by atoms with van der Waals surface area (Å²) in [5, 5.41) is 12.3. The maximum absolute atomic E-state index is 10.9. The Hall–Kier alpha value is -1.71. The number of anilines is 2. The standard InChI is InChI=1S/C12H16N2O2/c1-3-9-7-13-10-5-4-8(12(15)16)6-11(10)14(9)2/h4-6,9,13H,3,7H2,1-2H3,(H,15,16). The van der Waals surface area contributed by atoms with E-state index in [1.165, 1.54) is 0 Å². The van der Waals surface area contributed by atoms with Crippen LogP contribution in [0.1, 0.15) is 23.7 Å². The summed E-state index contributed by atoms with van der Waals surface area (Å²) in [5.41, 5.74) is 2.32. The van der Waals surface area contributed by atoms with Crippen LogP contribution in [0.3, 0.4) is 0 Å². The third-order valence-electron chi connectivity index (χ3n) is 3.17. The minimum atomic E-state index is -0.880. The van der Waals surface area contributed by atoms with Gasteiger partial charge < -0.3 is 15.3 Å². The molecular weight excluding hydrogens is 204 g/mol. The number of nitrogens with one attached hydrogen (secondary N) is 1. The summed E-state index contributed by atoms with van der Waals surface area (Å²) in [6.45, 7) is 3.04. The third-order valence-corrected chi connectivity index (χ3v) is 3.17. The van der Waals surface area contributed by atoms with Crippen molar-refractivity contribution < 1.29 is 9.90 Å². The normalized spacial score (nSPS) is 18.9. The van der Waals surface area contributed by atoms with Gasteiger partial charge in [-0.15, -0.1) is 0 Å². The highest BCUT2D eigenvalue weighted by atomic mass is 16.4. The fourth-order valence-corrected chi connectivity index (χ4v) is 2.09. The summed E-state index contributed by atoms with van der Waals surface area (Å²) < 4.78 is 0. The summed E-state index contributed by atoms with van der Waals surface area (Å²) in [4.78, 5) is 13.1. The Kier molecular flexibility index (Phi) is 2.73. The van der Waals surface area contributed by atoms with Crippen LogP contribution in [0.25, 0.3) is 0 Å². The van der Waals surface area contributed by atoms with E-state index in [0.29, 0.717) is 11.6 Å². The van der Waals surface area contributed by atoms with Gasteiger partial charge in [0.05, 0.1) is 16.9 Å². The average molecular weight is 220 g/mol. The van der Waals surface area contributed by atoms with Crippen LogP contribution >= 0.6 is 0 Å². The van der Waals surface area contributed by atoms with Crippen molar-refractivity contribution in [1.82, 2.24) is 0 Å². The van der Waals surface area contributed by atoms with Crippen LogP contribution in [0, 0.1) is 0 Å². The van der Waals surface area contributed by atoms with Crippen molar-refractivity contribution in [3.63, 3.8) is 0 Å². The molecule has 1 atom stereocenters. The van der Waals surface area contributed by atoms with Gasteiger partial charge in [-0.25, -0.2) is 4.79 Å². The highest BCUT2D eigenvalue weighted by Gasteiger charge is 2.22. The van der Waals surface area contributed by atoms with E-state index in [1.807, 2.05) is 13.1 Å². The molecule has 1 aliphatic rings. The summed E-state index contributed by atoms with van der Waals surface area (Å²) in [7, 11) is 2.01. The number of hydrogen-bond acceptors (Lipinski definition) is 3. The lowest BCUT2D eigenvalue weighted by atomic mass is 10.1. The Morgan fingerprint density at radius 3 is 3.00 bits per heavy atom. The molecule has 16 heavy (non-hydrogen) atoms. The van der Waals surface area contributed by atoms with Crippen molar-refractivity contribution in [2.45, 2.75) is 19.4 Å². The molecule has 0 bridgehead atoms. The number of carbonyl (C=O) groups is 1. The maximum Gasteiger partial charge on any atom is 0.335 e. The first kappa shape index (κ1) is 10.8. The summed E-state index contributed by atoms with van der Waals surface area (Å²) in [5.74, 6) is -0.880. The van der Waals surface area contributed by atoms with E-state index in [9.17, 15) is 4.79 Å². The Morgan fingerprint density at radius 2 is 2.38 bits per heavy atom. The van der Waals surface area contributed by atoms with Gasteiger partial charge in [0.25, 0.3) is 0 Å². The first-order valence-corrected chi connectivity index (χ1v) is 5.47. The Morgan fingerprint density at radius 1 is 1.62 bits per heavy atom. The van der Waals surface area contributed by atoms with Gasteiger partial charge in [-0.05, 0) is 24.6 Å². The minimum Gasteiger partial charge on any atom is -0.478 e. The van der Waals surface area contributed by atoms with Crippen LogP contribution in [0.5, 0.6) is 0 Å². The number of benzene rings is 1. The van der Waals surface area contributed by atoms with E-state index in [4.69, 9.17) is 5.11 Å². The quantitative estimate of drug-likeness (QED) is 0.800. The third kappa shape index (κ3) is 1.71. The zero-order valence-corrected chi connectivity index (χ0v) is 9.53. The van der Waals surface area contributed by atoms with Crippen molar-refractivity contribution in [2.24, 2.45) is 0 Å².